The summed E-state index contributed by atoms with van der Waals surface area (Å²) in [6.45, 7) is 4.18. The summed E-state index contributed by atoms with van der Waals surface area (Å²) >= 11 is 0. The Balaban J connectivity index is 2.07. The zero-order valence-electron chi connectivity index (χ0n) is 12.1. The molecule has 0 aliphatic heterocycles. The van der Waals surface area contributed by atoms with Crippen molar-refractivity contribution in [3.63, 3.8) is 0 Å². The summed E-state index contributed by atoms with van der Waals surface area (Å²) in [7, 11) is 3.83. The number of nitrogens with zero attached hydrogens (tertiary/aromatic N) is 3. The molecule has 2 rings (SSSR count). The maximum Gasteiger partial charge on any atom is 0.257 e. The first-order chi connectivity index (χ1) is 9.22. The minimum atomic E-state index is 0.247. The fourth-order valence-corrected chi connectivity index (χ4v) is 2.91. The lowest BCUT2D eigenvalue weighted by Gasteiger charge is -2.38. The average molecular weight is 264 g/mol. The maximum absolute atomic E-state index is 5.23. The Morgan fingerprint density at radius 2 is 2.00 bits per heavy atom. The summed E-state index contributed by atoms with van der Waals surface area (Å²) in [5.74, 6) is 1.30. The lowest BCUT2D eigenvalue weighted by Crippen LogP contribution is -2.49. The van der Waals surface area contributed by atoms with E-state index in [1.165, 1.54) is 25.7 Å². The summed E-state index contributed by atoms with van der Waals surface area (Å²) in [6, 6.07) is 0. The van der Waals surface area contributed by atoms with Gasteiger partial charge in [0, 0.05) is 24.5 Å². The molecule has 5 heteroatoms. The van der Waals surface area contributed by atoms with E-state index in [2.05, 4.69) is 34.2 Å². The van der Waals surface area contributed by atoms with Gasteiger partial charge < -0.3 is 10.1 Å². The van der Waals surface area contributed by atoms with Gasteiger partial charge in [-0.25, -0.2) is 9.97 Å². The number of hydrogen-bond donors (Lipinski definition) is 1. The number of methoxy groups -OCH3 is 1. The molecule has 1 N–H and O–H groups in total. The Morgan fingerprint density at radius 1 is 1.32 bits per heavy atom. The van der Waals surface area contributed by atoms with Crippen molar-refractivity contribution in [2.75, 3.05) is 32.6 Å². The maximum atomic E-state index is 5.23. The minimum absolute atomic E-state index is 0.247. The molecular weight excluding hydrogens is 240 g/mol. The fraction of sp³-hybridized carbons (Fsp3) is 0.714. The second-order valence-electron chi connectivity index (χ2n) is 5.21. The van der Waals surface area contributed by atoms with Gasteiger partial charge in [-0.1, -0.05) is 19.8 Å². The number of rotatable bonds is 6. The molecule has 0 amide bonds. The van der Waals surface area contributed by atoms with E-state index in [0.29, 0.717) is 5.88 Å². The molecule has 0 aromatic carbocycles. The number of ether oxygens (including phenoxy) is 1. The van der Waals surface area contributed by atoms with Gasteiger partial charge in [-0.3, -0.25) is 4.90 Å². The van der Waals surface area contributed by atoms with E-state index in [0.717, 1.165) is 18.9 Å². The van der Waals surface area contributed by atoms with Gasteiger partial charge in [-0.2, -0.15) is 0 Å². The van der Waals surface area contributed by atoms with E-state index < -0.39 is 0 Å². The summed E-state index contributed by atoms with van der Waals surface area (Å²) < 4.78 is 5.23. The highest BCUT2D eigenvalue weighted by molar-refractivity contribution is 5.45. The first-order valence-electron chi connectivity index (χ1n) is 7.02. The van der Waals surface area contributed by atoms with Crippen LogP contribution in [0.3, 0.4) is 0 Å². The molecular formula is C14H24N4O. The lowest BCUT2D eigenvalue weighted by atomic mass is 9.95. The number of anilines is 1. The minimum Gasteiger partial charge on any atom is -0.478 e. The van der Waals surface area contributed by atoms with Crippen LogP contribution in [-0.4, -0.2) is 47.7 Å². The molecule has 1 fully saturated rings. The van der Waals surface area contributed by atoms with Crippen LogP contribution in [0.5, 0.6) is 5.88 Å². The second kappa shape index (κ2) is 6.19. The van der Waals surface area contributed by atoms with Crippen LogP contribution in [0.2, 0.25) is 0 Å². The van der Waals surface area contributed by atoms with Gasteiger partial charge in [0.25, 0.3) is 5.88 Å². The third-order valence-electron chi connectivity index (χ3n) is 4.26. The molecule has 0 bridgehead atoms. The smallest absolute Gasteiger partial charge is 0.257 e. The third kappa shape index (κ3) is 2.97. The van der Waals surface area contributed by atoms with Gasteiger partial charge in [-0.15, -0.1) is 0 Å². The molecule has 0 radical (unpaired) electrons. The van der Waals surface area contributed by atoms with Crippen LogP contribution in [0.4, 0.5) is 5.82 Å². The fourth-order valence-electron chi connectivity index (χ4n) is 2.91. The molecule has 1 heterocycles. The first kappa shape index (κ1) is 14.1. The van der Waals surface area contributed by atoms with Crippen molar-refractivity contribution in [2.45, 2.75) is 38.1 Å². The molecule has 1 aliphatic carbocycles. The van der Waals surface area contributed by atoms with Crippen LogP contribution in [0.25, 0.3) is 0 Å². The predicted molar refractivity (Wildman–Crippen MR) is 76.6 cm³/mol. The highest BCUT2D eigenvalue weighted by atomic mass is 16.5. The van der Waals surface area contributed by atoms with Crippen molar-refractivity contribution < 1.29 is 4.74 Å². The number of nitrogens with one attached hydrogen (secondary N) is 1. The van der Waals surface area contributed by atoms with Crippen molar-refractivity contribution in [2.24, 2.45) is 0 Å². The quantitative estimate of drug-likeness (QED) is 0.853. The van der Waals surface area contributed by atoms with E-state index >= 15 is 0 Å². The Morgan fingerprint density at radius 3 is 2.63 bits per heavy atom. The number of hydrogen-bond acceptors (Lipinski definition) is 5. The molecule has 1 aromatic rings. The van der Waals surface area contributed by atoms with Crippen LogP contribution < -0.4 is 10.1 Å². The summed E-state index contributed by atoms with van der Waals surface area (Å²) in [6.07, 6.45) is 8.44. The molecule has 0 spiro atoms. The average Bonchev–Trinajstić information content (AvgIpc) is 2.94. The molecule has 0 unspecified atom stereocenters. The lowest BCUT2D eigenvalue weighted by molar-refractivity contribution is 0.144. The van der Waals surface area contributed by atoms with Crippen LogP contribution in [0.1, 0.15) is 32.6 Å². The highest BCUT2D eigenvalue weighted by Gasteiger charge is 2.37. The van der Waals surface area contributed by atoms with Gasteiger partial charge in [-0.05, 0) is 26.4 Å². The molecule has 1 aromatic heterocycles. The standard InChI is InChI=1S/C14H24N4O/c1-4-18(2)14(7-5-6-8-14)11-17-12-13(19-3)16-10-9-15-12/h9-10H,4-8,11H2,1-3H3,(H,15,17). The largest absolute Gasteiger partial charge is 0.478 e. The van der Waals surface area contributed by atoms with Crippen LogP contribution in [-0.2, 0) is 0 Å². The van der Waals surface area contributed by atoms with Crippen LogP contribution in [0.15, 0.2) is 12.4 Å². The molecule has 19 heavy (non-hydrogen) atoms. The zero-order valence-corrected chi connectivity index (χ0v) is 12.1. The van der Waals surface area contributed by atoms with Crippen LogP contribution in [0, 0.1) is 0 Å². The summed E-state index contributed by atoms with van der Waals surface area (Å²) in [5.41, 5.74) is 0.247. The van der Waals surface area contributed by atoms with Crippen molar-refractivity contribution in [1.29, 1.82) is 0 Å². The molecule has 1 saturated carbocycles. The summed E-state index contributed by atoms with van der Waals surface area (Å²) in [4.78, 5) is 10.9. The Hall–Kier alpha value is -1.36. The van der Waals surface area contributed by atoms with Crippen molar-refractivity contribution >= 4 is 5.82 Å². The summed E-state index contributed by atoms with van der Waals surface area (Å²) in [5, 5.41) is 3.42. The third-order valence-corrected chi connectivity index (χ3v) is 4.26. The Bertz CT molecular complexity index is 404. The predicted octanol–water partition coefficient (Wildman–Crippen LogP) is 2.16. The van der Waals surface area contributed by atoms with E-state index in [1.54, 1.807) is 19.5 Å². The Kier molecular flexibility index (Phi) is 4.58. The van der Waals surface area contributed by atoms with Gasteiger partial charge in [0.1, 0.15) is 0 Å². The van der Waals surface area contributed by atoms with Gasteiger partial charge >= 0.3 is 0 Å². The van der Waals surface area contributed by atoms with Crippen molar-refractivity contribution in [1.82, 2.24) is 14.9 Å². The van der Waals surface area contributed by atoms with E-state index in [-0.39, 0.29) is 5.54 Å². The van der Waals surface area contributed by atoms with E-state index in [9.17, 15) is 0 Å². The van der Waals surface area contributed by atoms with Gasteiger partial charge in [0.15, 0.2) is 5.82 Å². The van der Waals surface area contributed by atoms with E-state index in [1.807, 2.05) is 0 Å². The zero-order chi connectivity index (χ0) is 13.7. The SMILES string of the molecule is CCN(C)C1(CNc2nccnc2OC)CCCC1. The van der Waals surface area contributed by atoms with Crippen LogP contribution >= 0.6 is 0 Å². The van der Waals surface area contributed by atoms with Gasteiger partial charge in [0.2, 0.25) is 0 Å². The van der Waals surface area contributed by atoms with E-state index in [4.69, 9.17) is 4.74 Å². The first-order valence-corrected chi connectivity index (χ1v) is 7.02. The molecule has 106 valence electrons. The van der Waals surface area contributed by atoms with Gasteiger partial charge in [0.05, 0.1) is 7.11 Å². The number of aromatic nitrogens is 2. The van der Waals surface area contributed by atoms with Crippen molar-refractivity contribution in [3.05, 3.63) is 12.4 Å². The molecule has 0 atom stereocenters. The highest BCUT2D eigenvalue weighted by Crippen LogP contribution is 2.35. The second-order valence-corrected chi connectivity index (χ2v) is 5.21. The Labute approximate surface area is 115 Å². The monoisotopic (exact) mass is 264 g/mol. The topological polar surface area (TPSA) is 50.3 Å². The van der Waals surface area contributed by atoms with Crippen molar-refractivity contribution in [3.8, 4) is 5.88 Å². The molecule has 5 nitrogen and oxygen atoms in total. The molecule has 1 aliphatic rings. The molecule has 0 saturated heterocycles. The normalized spacial score (nSPS) is 17.7. The number of likely N-dealkylation sites (N-methyl/N-ethyl adjacent to an activating group) is 1.